The number of hydrogen-bond donors (Lipinski definition) is 1. The van der Waals surface area contributed by atoms with E-state index in [1.165, 1.54) is 19.2 Å². The van der Waals surface area contributed by atoms with Crippen LogP contribution < -0.4 is 10.1 Å². The van der Waals surface area contributed by atoms with Crippen LogP contribution in [0, 0.1) is 10.1 Å². The first-order chi connectivity index (χ1) is 14.0. The summed E-state index contributed by atoms with van der Waals surface area (Å²) >= 11 is 5.44. The van der Waals surface area contributed by atoms with Gasteiger partial charge in [-0.15, -0.1) is 0 Å². The lowest BCUT2D eigenvalue weighted by Crippen LogP contribution is -2.24. The van der Waals surface area contributed by atoms with Crippen LogP contribution in [0.3, 0.4) is 0 Å². The summed E-state index contributed by atoms with van der Waals surface area (Å²) in [6, 6.07) is 13.5. The van der Waals surface area contributed by atoms with Crippen molar-refractivity contribution in [3.63, 3.8) is 0 Å². The van der Waals surface area contributed by atoms with Crippen LogP contribution in [0.2, 0.25) is 0 Å². The van der Waals surface area contributed by atoms with Crippen molar-refractivity contribution in [2.45, 2.75) is 12.1 Å². The first-order valence-corrected chi connectivity index (χ1v) is 9.27. The van der Waals surface area contributed by atoms with Crippen LogP contribution in [0.1, 0.15) is 23.5 Å². The number of non-ortho nitro benzene ring substituents is 1. The lowest BCUT2D eigenvalue weighted by atomic mass is 10.0. The van der Waals surface area contributed by atoms with Crippen LogP contribution in [0.15, 0.2) is 59.1 Å². The Kier molecular flexibility index (Phi) is 4.89. The zero-order valence-corrected chi connectivity index (χ0v) is 16.6. The summed E-state index contributed by atoms with van der Waals surface area (Å²) < 4.78 is 11.5. The predicted molar refractivity (Wildman–Crippen MR) is 111 cm³/mol. The van der Waals surface area contributed by atoms with E-state index in [0.29, 0.717) is 27.9 Å². The molecule has 0 radical (unpaired) electrons. The molecule has 9 heteroatoms. The summed E-state index contributed by atoms with van der Waals surface area (Å²) in [5.41, 5.74) is 1.45. The Labute approximate surface area is 172 Å². The molecule has 8 nitrogen and oxygen atoms in total. The van der Waals surface area contributed by atoms with Crippen molar-refractivity contribution in [3.8, 4) is 17.1 Å². The Morgan fingerprint density at radius 2 is 2.10 bits per heavy atom. The number of pyridine rings is 1. The lowest BCUT2D eigenvalue weighted by Gasteiger charge is -2.21. The normalized spacial score (nSPS) is 18.6. The van der Waals surface area contributed by atoms with Gasteiger partial charge in [-0.05, 0) is 42.5 Å². The van der Waals surface area contributed by atoms with Gasteiger partial charge in [0.2, 0.25) is 0 Å². The van der Waals surface area contributed by atoms with E-state index in [1.54, 1.807) is 12.3 Å². The van der Waals surface area contributed by atoms with E-state index in [9.17, 15) is 10.1 Å². The van der Waals surface area contributed by atoms with Crippen molar-refractivity contribution < 1.29 is 14.1 Å². The van der Waals surface area contributed by atoms with Crippen LogP contribution in [0.4, 0.5) is 5.69 Å². The molecular weight excluding hydrogens is 392 g/mol. The number of nitrogens with zero attached hydrogens (tertiary/aromatic N) is 3. The van der Waals surface area contributed by atoms with Crippen LogP contribution in [0.5, 0.6) is 5.75 Å². The third-order valence-electron chi connectivity index (χ3n) is 4.92. The molecule has 1 N–H and O–H groups in total. The van der Waals surface area contributed by atoms with Gasteiger partial charge < -0.3 is 19.4 Å². The number of methoxy groups -OCH3 is 1. The number of aromatic nitrogens is 1. The second-order valence-electron chi connectivity index (χ2n) is 6.58. The Bertz CT molecular complexity index is 1070. The molecule has 4 rings (SSSR count). The summed E-state index contributed by atoms with van der Waals surface area (Å²) in [6.45, 7) is 0. The first kappa shape index (κ1) is 18.9. The average Bonchev–Trinajstić information content (AvgIpc) is 3.33. The molecular formula is C20H18N4O4S. The maximum atomic E-state index is 11.0. The highest BCUT2D eigenvalue weighted by atomic mass is 32.1. The largest absolute Gasteiger partial charge is 0.496 e. The molecule has 0 spiro atoms. The minimum atomic E-state index is -0.461. The number of nitro benzene ring substituents is 1. The number of nitro groups is 1. The molecule has 0 amide bonds. The highest BCUT2D eigenvalue weighted by molar-refractivity contribution is 7.80. The van der Waals surface area contributed by atoms with Gasteiger partial charge in [-0.2, -0.15) is 0 Å². The Balaban J connectivity index is 1.71. The smallest absolute Gasteiger partial charge is 0.273 e. The molecule has 1 aromatic carbocycles. The van der Waals surface area contributed by atoms with E-state index in [-0.39, 0.29) is 17.8 Å². The average molecular weight is 410 g/mol. The molecule has 1 fully saturated rings. The van der Waals surface area contributed by atoms with Crippen LogP contribution in [0.25, 0.3) is 11.3 Å². The van der Waals surface area contributed by atoms with Gasteiger partial charge >= 0.3 is 0 Å². The molecule has 2 aromatic heterocycles. The fourth-order valence-corrected chi connectivity index (χ4v) is 3.71. The van der Waals surface area contributed by atoms with Gasteiger partial charge in [0.1, 0.15) is 23.3 Å². The molecule has 3 aromatic rings. The Morgan fingerprint density at radius 1 is 1.28 bits per heavy atom. The predicted octanol–water partition coefficient (Wildman–Crippen LogP) is 3.86. The van der Waals surface area contributed by atoms with Crippen molar-refractivity contribution in [1.29, 1.82) is 0 Å². The molecule has 3 heterocycles. The van der Waals surface area contributed by atoms with Gasteiger partial charge in [-0.25, -0.2) is 0 Å². The third kappa shape index (κ3) is 3.40. The summed E-state index contributed by atoms with van der Waals surface area (Å²) in [5, 5.41) is 14.9. The van der Waals surface area contributed by atoms with Crippen molar-refractivity contribution in [2.24, 2.45) is 0 Å². The molecule has 29 heavy (non-hydrogen) atoms. The number of benzene rings is 1. The van der Waals surface area contributed by atoms with Gasteiger partial charge in [0.15, 0.2) is 5.11 Å². The second kappa shape index (κ2) is 7.51. The number of furan rings is 1. The highest BCUT2D eigenvalue weighted by Crippen LogP contribution is 2.41. The summed E-state index contributed by atoms with van der Waals surface area (Å²) in [6.07, 6.45) is 1.74. The maximum Gasteiger partial charge on any atom is 0.273 e. The summed E-state index contributed by atoms with van der Waals surface area (Å²) in [5.74, 6) is 1.62. The van der Waals surface area contributed by atoms with Crippen molar-refractivity contribution in [2.75, 3.05) is 14.2 Å². The zero-order chi connectivity index (χ0) is 20.5. The molecule has 0 saturated carbocycles. The summed E-state index contributed by atoms with van der Waals surface area (Å²) in [7, 11) is 3.37. The quantitative estimate of drug-likeness (QED) is 0.385. The van der Waals surface area contributed by atoms with E-state index in [0.717, 1.165) is 5.69 Å². The highest BCUT2D eigenvalue weighted by Gasteiger charge is 2.39. The molecule has 1 saturated heterocycles. The van der Waals surface area contributed by atoms with E-state index in [2.05, 4.69) is 10.3 Å². The number of rotatable bonds is 5. The standard InChI is InChI=1S/C20H18N4O4S/c1-23-19(18(22-20(23)29)14-5-3-4-10-21-14)16-9-8-15(28-16)13-7-6-12(24(25)26)11-17(13)27-2/h3-11,18-19H,1-2H3,(H,22,29)/t18-,19+/m0/s1. The van der Waals surface area contributed by atoms with Crippen LogP contribution >= 0.6 is 12.2 Å². The number of ether oxygens (including phenoxy) is 1. The fraction of sp³-hybridized carbons (Fsp3) is 0.200. The topological polar surface area (TPSA) is 93.7 Å². The van der Waals surface area contributed by atoms with Gasteiger partial charge in [-0.1, -0.05) is 6.07 Å². The second-order valence-corrected chi connectivity index (χ2v) is 6.97. The van der Waals surface area contributed by atoms with E-state index in [4.69, 9.17) is 21.4 Å². The minimum Gasteiger partial charge on any atom is -0.496 e. The van der Waals surface area contributed by atoms with Gasteiger partial charge in [0.05, 0.1) is 35.4 Å². The number of thiocarbonyl (C=S) groups is 1. The molecule has 1 aliphatic rings. The molecule has 2 atom stereocenters. The van der Waals surface area contributed by atoms with Gasteiger partial charge in [-0.3, -0.25) is 15.1 Å². The summed E-state index contributed by atoms with van der Waals surface area (Å²) in [4.78, 5) is 17.0. The number of likely N-dealkylation sites (N-methyl/N-ethyl adjacent to an activating group) is 1. The zero-order valence-electron chi connectivity index (χ0n) is 15.7. The molecule has 148 valence electrons. The molecule has 0 unspecified atom stereocenters. The van der Waals surface area contributed by atoms with E-state index in [1.807, 2.05) is 42.3 Å². The monoisotopic (exact) mass is 410 g/mol. The SMILES string of the molecule is COc1cc([N+](=O)[O-])ccc1-c1ccc([C@@H]2[C@H](c3ccccn3)NC(=S)N2C)o1. The van der Waals surface area contributed by atoms with Crippen LogP contribution in [-0.2, 0) is 0 Å². The van der Waals surface area contributed by atoms with E-state index < -0.39 is 4.92 Å². The Hall–Kier alpha value is -3.46. The maximum absolute atomic E-state index is 11.0. The van der Waals surface area contributed by atoms with Crippen LogP contribution in [-0.4, -0.2) is 34.1 Å². The molecule has 0 aliphatic carbocycles. The Morgan fingerprint density at radius 3 is 2.79 bits per heavy atom. The van der Waals surface area contributed by atoms with Gasteiger partial charge in [0.25, 0.3) is 5.69 Å². The fourth-order valence-electron chi connectivity index (χ4n) is 3.47. The van der Waals surface area contributed by atoms with Crippen molar-refractivity contribution >= 4 is 23.0 Å². The van der Waals surface area contributed by atoms with E-state index >= 15 is 0 Å². The molecule has 0 bridgehead atoms. The number of hydrogen-bond acceptors (Lipinski definition) is 6. The number of nitrogens with one attached hydrogen (secondary N) is 1. The molecule has 1 aliphatic heterocycles. The lowest BCUT2D eigenvalue weighted by molar-refractivity contribution is -0.384. The van der Waals surface area contributed by atoms with Gasteiger partial charge in [0, 0.05) is 19.3 Å². The van der Waals surface area contributed by atoms with Crippen molar-refractivity contribution in [3.05, 3.63) is 76.3 Å². The first-order valence-electron chi connectivity index (χ1n) is 8.86. The third-order valence-corrected chi connectivity index (χ3v) is 5.32. The minimum absolute atomic E-state index is 0.0438. The van der Waals surface area contributed by atoms with Crippen molar-refractivity contribution in [1.82, 2.24) is 15.2 Å².